The minimum Gasteiger partial charge on any atom is -0.350 e. The fraction of sp³-hybridized carbons (Fsp3) is 0.150. The van der Waals surface area contributed by atoms with Crippen LogP contribution in [0.25, 0.3) is 5.69 Å². The summed E-state index contributed by atoms with van der Waals surface area (Å²) >= 11 is 0. The first-order valence-corrected chi connectivity index (χ1v) is 8.87. The van der Waals surface area contributed by atoms with Crippen LogP contribution in [0.1, 0.15) is 23.0 Å². The maximum absolute atomic E-state index is 13.1. The van der Waals surface area contributed by atoms with Crippen LogP contribution >= 0.6 is 0 Å². The van der Waals surface area contributed by atoms with E-state index in [2.05, 4.69) is 25.8 Å². The van der Waals surface area contributed by atoms with Gasteiger partial charge in [0, 0.05) is 18.9 Å². The number of rotatable bonds is 6. The van der Waals surface area contributed by atoms with Crippen LogP contribution in [-0.2, 0) is 11.3 Å². The predicted octanol–water partition coefficient (Wildman–Crippen LogP) is 2.07. The third-order valence-corrected chi connectivity index (χ3v) is 4.49. The molecule has 0 saturated heterocycles. The van der Waals surface area contributed by atoms with Gasteiger partial charge < -0.3 is 9.88 Å². The standard InChI is InChI=1S/C20H19N7O/c1-15-23-24-25-27(15)19(16-7-3-2-4-8-16)20(28)22-13-17-9-5-6-10-18(17)26-12-11-21-14-26/h2-12,14,19H,13H2,1H3,(H,22,28). The monoisotopic (exact) mass is 373 g/mol. The molecule has 0 fully saturated rings. The maximum atomic E-state index is 13.1. The Morgan fingerprint density at radius 3 is 2.61 bits per heavy atom. The highest BCUT2D eigenvalue weighted by molar-refractivity contribution is 5.83. The number of aromatic nitrogens is 6. The summed E-state index contributed by atoms with van der Waals surface area (Å²) in [7, 11) is 0. The Labute approximate surface area is 161 Å². The highest BCUT2D eigenvalue weighted by Crippen LogP contribution is 2.19. The van der Waals surface area contributed by atoms with E-state index in [4.69, 9.17) is 0 Å². The number of amides is 1. The first-order chi connectivity index (χ1) is 13.7. The predicted molar refractivity (Wildman–Crippen MR) is 103 cm³/mol. The molecular formula is C20H19N7O. The molecule has 4 aromatic rings. The molecule has 8 nitrogen and oxygen atoms in total. The summed E-state index contributed by atoms with van der Waals surface area (Å²) in [5.74, 6) is 0.393. The van der Waals surface area contributed by atoms with Crippen molar-refractivity contribution >= 4 is 5.91 Å². The zero-order valence-corrected chi connectivity index (χ0v) is 15.3. The van der Waals surface area contributed by atoms with Gasteiger partial charge in [-0.1, -0.05) is 48.5 Å². The minimum absolute atomic E-state index is 0.179. The molecule has 140 valence electrons. The Balaban J connectivity index is 1.59. The summed E-state index contributed by atoms with van der Waals surface area (Å²) in [4.78, 5) is 17.2. The van der Waals surface area contributed by atoms with Crippen molar-refractivity contribution in [1.29, 1.82) is 0 Å². The number of hydrogen-bond acceptors (Lipinski definition) is 5. The second-order valence-corrected chi connectivity index (χ2v) is 6.30. The van der Waals surface area contributed by atoms with Crippen molar-refractivity contribution in [3.8, 4) is 5.69 Å². The SMILES string of the molecule is Cc1nnnn1C(C(=O)NCc1ccccc1-n1ccnc1)c1ccccc1. The van der Waals surface area contributed by atoms with E-state index in [0.717, 1.165) is 16.8 Å². The molecule has 0 aliphatic rings. The van der Waals surface area contributed by atoms with E-state index in [-0.39, 0.29) is 5.91 Å². The van der Waals surface area contributed by atoms with Gasteiger partial charge in [-0.3, -0.25) is 4.79 Å². The van der Waals surface area contributed by atoms with Crippen LogP contribution in [-0.4, -0.2) is 35.7 Å². The lowest BCUT2D eigenvalue weighted by atomic mass is 10.1. The number of benzene rings is 2. The topological polar surface area (TPSA) is 90.5 Å². The van der Waals surface area contributed by atoms with Gasteiger partial charge in [-0.05, 0) is 34.5 Å². The first kappa shape index (κ1) is 17.6. The molecule has 1 N–H and O–H groups in total. The number of nitrogens with zero attached hydrogens (tertiary/aromatic N) is 6. The molecule has 8 heteroatoms. The van der Waals surface area contributed by atoms with Gasteiger partial charge in [-0.2, -0.15) is 0 Å². The highest BCUT2D eigenvalue weighted by Gasteiger charge is 2.25. The molecule has 1 amide bonds. The van der Waals surface area contributed by atoms with Crippen molar-refractivity contribution in [3.05, 3.63) is 90.3 Å². The lowest BCUT2D eigenvalue weighted by Gasteiger charge is -2.18. The number of nitrogens with one attached hydrogen (secondary N) is 1. The second kappa shape index (κ2) is 7.83. The fourth-order valence-corrected chi connectivity index (χ4v) is 3.11. The van der Waals surface area contributed by atoms with Crippen molar-refractivity contribution in [1.82, 2.24) is 35.1 Å². The smallest absolute Gasteiger partial charge is 0.249 e. The van der Waals surface area contributed by atoms with Crippen molar-refractivity contribution in [3.63, 3.8) is 0 Å². The van der Waals surface area contributed by atoms with Crippen LogP contribution in [0, 0.1) is 6.92 Å². The molecule has 0 aliphatic carbocycles. The summed E-state index contributed by atoms with van der Waals surface area (Å²) in [6, 6.07) is 16.7. The molecule has 1 unspecified atom stereocenters. The lowest BCUT2D eigenvalue weighted by Crippen LogP contribution is -2.34. The summed E-state index contributed by atoms with van der Waals surface area (Å²) in [5.41, 5.74) is 2.77. The Morgan fingerprint density at radius 1 is 1.11 bits per heavy atom. The molecule has 28 heavy (non-hydrogen) atoms. The number of tetrazole rings is 1. The molecular weight excluding hydrogens is 354 g/mol. The highest BCUT2D eigenvalue weighted by atomic mass is 16.2. The molecule has 0 spiro atoms. The van der Waals surface area contributed by atoms with E-state index >= 15 is 0 Å². The molecule has 2 heterocycles. The zero-order chi connectivity index (χ0) is 19.3. The van der Waals surface area contributed by atoms with Gasteiger partial charge in [0.1, 0.15) is 5.82 Å². The molecule has 0 aliphatic heterocycles. The summed E-state index contributed by atoms with van der Waals surface area (Å²) in [6.45, 7) is 2.15. The van der Waals surface area contributed by atoms with Crippen molar-refractivity contribution in [2.75, 3.05) is 0 Å². The average molecular weight is 373 g/mol. The van der Waals surface area contributed by atoms with Crippen LogP contribution in [0.3, 0.4) is 0 Å². The Morgan fingerprint density at radius 2 is 1.89 bits per heavy atom. The van der Waals surface area contributed by atoms with Crippen molar-refractivity contribution in [2.24, 2.45) is 0 Å². The second-order valence-electron chi connectivity index (χ2n) is 6.30. The molecule has 2 aromatic heterocycles. The summed E-state index contributed by atoms with van der Waals surface area (Å²) < 4.78 is 3.45. The van der Waals surface area contributed by atoms with E-state index in [0.29, 0.717) is 12.4 Å². The van der Waals surface area contributed by atoms with Gasteiger partial charge in [0.15, 0.2) is 6.04 Å². The largest absolute Gasteiger partial charge is 0.350 e. The van der Waals surface area contributed by atoms with Crippen LogP contribution in [0.4, 0.5) is 0 Å². The molecule has 2 aromatic carbocycles. The van der Waals surface area contributed by atoms with Crippen LogP contribution in [0.15, 0.2) is 73.3 Å². The van der Waals surface area contributed by atoms with E-state index < -0.39 is 6.04 Å². The number of aryl methyl sites for hydroxylation is 1. The van der Waals surface area contributed by atoms with E-state index in [9.17, 15) is 4.79 Å². The average Bonchev–Trinajstić information content (AvgIpc) is 3.40. The lowest BCUT2D eigenvalue weighted by molar-refractivity contribution is -0.123. The first-order valence-electron chi connectivity index (χ1n) is 8.87. The van der Waals surface area contributed by atoms with Gasteiger partial charge in [-0.15, -0.1) is 5.10 Å². The van der Waals surface area contributed by atoms with Gasteiger partial charge in [0.25, 0.3) is 0 Å². The molecule has 0 radical (unpaired) electrons. The van der Waals surface area contributed by atoms with Crippen LogP contribution in [0.2, 0.25) is 0 Å². The fourth-order valence-electron chi connectivity index (χ4n) is 3.11. The maximum Gasteiger partial charge on any atom is 0.249 e. The van der Waals surface area contributed by atoms with Crippen molar-refractivity contribution < 1.29 is 4.79 Å². The van der Waals surface area contributed by atoms with E-state index in [1.165, 1.54) is 4.68 Å². The number of carbonyl (C=O) groups excluding carboxylic acids is 1. The van der Waals surface area contributed by atoms with Gasteiger partial charge in [-0.25, -0.2) is 9.67 Å². The summed E-state index contributed by atoms with van der Waals surface area (Å²) in [5, 5.41) is 14.6. The molecule has 1 atom stereocenters. The normalized spacial score (nSPS) is 11.9. The number of imidazole rings is 1. The van der Waals surface area contributed by atoms with Crippen LogP contribution in [0.5, 0.6) is 0 Å². The van der Waals surface area contributed by atoms with E-state index in [1.807, 2.05) is 65.4 Å². The van der Waals surface area contributed by atoms with Crippen LogP contribution < -0.4 is 5.32 Å². The van der Waals surface area contributed by atoms with Gasteiger partial charge >= 0.3 is 0 Å². The van der Waals surface area contributed by atoms with Gasteiger partial charge in [0.2, 0.25) is 5.91 Å². The Kier molecular flexibility index (Phi) is 4.92. The molecule has 4 rings (SSSR count). The quantitative estimate of drug-likeness (QED) is 0.559. The Hall–Kier alpha value is -3.81. The molecule has 0 bridgehead atoms. The third kappa shape index (κ3) is 3.52. The number of hydrogen-bond donors (Lipinski definition) is 1. The summed E-state index contributed by atoms with van der Waals surface area (Å²) in [6.07, 6.45) is 5.33. The van der Waals surface area contributed by atoms with E-state index in [1.54, 1.807) is 19.4 Å². The Bertz CT molecular complexity index is 1060. The molecule has 0 saturated carbocycles. The number of carbonyl (C=O) groups is 1. The van der Waals surface area contributed by atoms with Crippen molar-refractivity contribution in [2.45, 2.75) is 19.5 Å². The minimum atomic E-state index is -0.642. The third-order valence-electron chi connectivity index (χ3n) is 4.49. The zero-order valence-electron chi connectivity index (χ0n) is 15.3. The number of para-hydroxylation sites is 1. The van der Waals surface area contributed by atoms with Gasteiger partial charge in [0.05, 0.1) is 12.0 Å².